The summed E-state index contributed by atoms with van der Waals surface area (Å²) in [4.78, 5) is 18.2. The highest BCUT2D eigenvalue weighted by atomic mass is 19.4. The Morgan fingerprint density at radius 1 is 1.00 bits per heavy atom. The van der Waals surface area contributed by atoms with E-state index in [-0.39, 0.29) is 24.4 Å². The summed E-state index contributed by atoms with van der Waals surface area (Å²) in [5.74, 6) is 0.292. The van der Waals surface area contributed by atoms with Gasteiger partial charge in [0.05, 0.1) is 16.6 Å². The molecule has 0 radical (unpaired) electrons. The van der Waals surface area contributed by atoms with Gasteiger partial charge in [0.25, 0.3) is 0 Å². The molecule has 7 heteroatoms. The van der Waals surface area contributed by atoms with E-state index in [9.17, 15) is 23.1 Å². The molecule has 4 nitrogen and oxygen atoms in total. The van der Waals surface area contributed by atoms with Gasteiger partial charge >= 0.3 is 6.18 Å². The monoisotopic (exact) mass is 498 g/mol. The molecule has 0 aromatic heterocycles. The number of likely N-dealkylation sites (tertiary alicyclic amines) is 1. The van der Waals surface area contributed by atoms with Crippen LogP contribution in [0, 0.1) is 11.3 Å². The Morgan fingerprint density at radius 3 is 2.42 bits per heavy atom. The summed E-state index contributed by atoms with van der Waals surface area (Å²) < 4.78 is 39.8. The molecule has 1 aliphatic carbocycles. The second-order valence-corrected chi connectivity index (χ2v) is 11.5. The quantitative estimate of drug-likeness (QED) is 0.624. The highest BCUT2D eigenvalue weighted by Gasteiger charge is 2.61. The molecule has 4 atom stereocenters. The van der Waals surface area contributed by atoms with Gasteiger partial charge in [-0.25, -0.2) is 0 Å². The van der Waals surface area contributed by atoms with Crippen molar-refractivity contribution < 1.29 is 23.1 Å². The average Bonchev–Trinajstić information content (AvgIpc) is 3.40. The molecule has 1 spiro atoms. The van der Waals surface area contributed by atoms with Crippen LogP contribution in [0.2, 0.25) is 0 Å². The van der Waals surface area contributed by atoms with Gasteiger partial charge in [-0.15, -0.1) is 0 Å². The van der Waals surface area contributed by atoms with Crippen LogP contribution in [-0.2, 0) is 29.5 Å². The van der Waals surface area contributed by atoms with Crippen molar-refractivity contribution in [2.24, 2.45) is 11.3 Å². The van der Waals surface area contributed by atoms with Crippen LogP contribution in [0.1, 0.15) is 61.3 Å². The number of benzene rings is 2. The number of fused-ring (bicyclic) bond motifs is 2. The van der Waals surface area contributed by atoms with Crippen molar-refractivity contribution in [1.29, 1.82) is 0 Å². The lowest BCUT2D eigenvalue weighted by molar-refractivity contribution is -0.138. The van der Waals surface area contributed by atoms with E-state index in [0.29, 0.717) is 30.9 Å². The summed E-state index contributed by atoms with van der Waals surface area (Å²) in [6, 6.07) is 14.2. The number of amides is 1. The summed E-state index contributed by atoms with van der Waals surface area (Å²) in [5, 5.41) is 11.2. The zero-order valence-electron chi connectivity index (χ0n) is 20.6. The lowest BCUT2D eigenvalue weighted by Gasteiger charge is -2.41. The van der Waals surface area contributed by atoms with Crippen molar-refractivity contribution in [3.63, 3.8) is 0 Å². The Bertz CT molecular complexity index is 1160. The van der Waals surface area contributed by atoms with Gasteiger partial charge < -0.3 is 14.9 Å². The van der Waals surface area contributed by atoms with Gasteiger partial charge in [-0.05, 0) is 73.3 Å². The third-order valence-corrected chi connectivity index (χ3v) is 9.82. The van der Waals surface area contributed by atoms with Crippen molar-refractivity contribution in [3.05, 3.63) is 70.8 Å². The first-order valence-electron chi connectivity index (χ1n) is 13.1. The molecule has 3 aliphatic heterocycles. The third kappa shape index (κ3) is 3.69. The average molecular weight is 499 g/mol. The van der Waals surface area contributed by atoms with E-state index < -0.39 is 22.8 Å². The summed E-state index contributed by atoms with van der Waals surface area (Å²) in [6.07, 6.45) is 0.175. The Kier molecular flexibility index (Phi) is 5.54. The maximum Gasteiger partial charge on any atom is 0.416 e. The summed E-state index contributed by atoms with van der Waals surface area (Å²) in [7, 11) is 0. The standard InChI is InChI=1S/C29H33F3N2O2/c1-19-25-16-20-7-8-23(29(30,31)32)15-21(20)18-34(25)26(35)27(19)10-9-24(17-27)33-13-11-28(36,12-14-33)22-5-3-2-4-6-22/h2-8,15,19,24-25,36H,9-14,16-18H2,1H3. The first-order valence-corrected chi connectivity index (χ1v) is 13.1. The fourth-order valence-electron chi connectivity index (χ4n) is 7.57. The van der Waals surface area contributed by atoms with E-state index >= 15 is 0 Å². The first kappa shape index (κ1) is 24.0. The van der Waals surface area contributed by atoms with Crippen molar-refractivity contribution in [1.82, 2.24) is 9.80 Å². The Balaban J connectivity index is 1.16. The molecule has 2 aromatic rings. The van der Waals surface area contributed by atoms with E-state index in [1.165, 1.54) is 12.1 Å². The zero-order valence-corrected chi connectivity index (χ0v) is 20.6. The van der Waals surface area contributed by atoms with E-state index in [1.54, 1.807) is 6.07 Å². The fraction of sp³-hybridized carbons (Fsp3) is 0.552. The molecule has 3 heterocycles. The molecule has 1 amide bonds. The SMILES string of the molecule is CC1C2Cc3ccc(C(F)(F)F)cc3CN2C(=O)C12CCC(N1CCC(O)(c3ccccc3)CC1)C2. The number of carbonyl (C=O) groups excluding carboxylic acids is 1. The number of rotatable bonds is 2. The number of halogens is 3. The smallest absolute Gasteiger partial charge is 0.385 e. The fourth-order valence-corrected chi connectivity index (χ4v) is 7.57. The van der Waals surface area contributed by atoms with Gasteiger partial charge in [-0.3, -0.25) is 4.79 Å². The maximum atomic E-state index is 13.8. The molecule has 6 rings (SSSR count). The molecule has 36 heavy (non-hydrogen) atoms. The lowest BCUT2D eigenvalue weighted by atomic mass is 9.73. The first-order chi connectivity index (χ1) is 17.1. The Morgan fingerprint density at radius 2 is 1.72 bits per heavy atom. The third-order valence-electron chi connectivity index (χ3n) is 9.82. The summed E-state index contributed by atoms with van der Waals surface area (Å²) in [5.41, 5.74) is 0.660. The normalized spacial score (nSPS) is 32.1. The minimum atomic E-state index is -4.38. The molecule has 4 unspecified atom stereocenters. The Labute approximate surface area is 210 Å². The van der Waals surface area contributed by atoms with Gasteiger partial charge in [0.2, 0.25) is 5.91 Å². The van der Waals surface area contributed by atoms with Crippen molar-refractivity contribution in [2.75, 3.05) is 13.1 Å². The van der Waals surface area contributed by atoms with Crippen LogP contribution in [0.25, 0.3) is 0 Å². The number of alkyl halides is 3. The molecule has 0 bridgehead atoms. The molecule has 2 saturated heterocycles. The maximum absolute atomic E-state index is 13.8. The number of hydrogen-bond donors (Lipinski definition) is 1. The number of hydrogen-bond acceptors (Lipinski definition) is 3. The van der Waals surface area contributed by atoms with Crippen LogP contribution >= 0.6 is 0 Å². The molecule has 192 valence electrons. The van der Waals surface area contributed by atoms with E-state index in [1.807, 2.05) is 35.2 Å². The second-order valence-electron chi connectivity index (χ2n) is 11.5. The van der Waals surface area contributed by atoms with Crippen molar-refractivity contribution >= 4 is 5.91 Å². The predicted molar refractivity (Wildman–Crippen MR) is 130 cm³/mol. The molecule has 1 N–H and O–H groups in total. The van der Waals surface area contributed by atoms with E-state index in [2.05, 4.69) is 11.8 Å². The van der Waals surface area contributed by atoms with E-state index in [0.717, 1.165) is 43.5 Å². The minimum Gasteiger partial charge on any atom is -0.385 e. The van der Waals surface area contributed by atoms with Gasteiger partial charge in [0.15, 0.2) is 0 Å². The highest BCUT2D eigenvalue weighted by Crippen LogP contribution is 2.55. The minimum absolute atomic E-state index is 0.0463. The largest absolute Gasteiger partial charge is 0.416 e. The lowest BCUT2D eigenvalue weighted by Crippen LogP contribution is -2.47. The molecule has 4 aliphatic rings. The van der Waals surface area contributed by atoms with Crippen LogP contribution < -0.4 is 0 Å². The number of nitrogens with zero attached hydrogens (tertiary/aromatic N) is 2. The van der Waals surface area contributed by atoms with Crippen LogP contribution in [0.4, 0.5) is 13.2 Å². The van der Waals surface area contributed by atoms with Gasteiger partial charge in [-0.2, -0.15) is 13.2 Å². The number of aliphatic hydroxyl groups is 1. The Hall–Kier alpha value is -2.38. The summed E-state index contributed by atoms with van der Waals surface area (Å²) >= 11 is 0. The molecular formula is C29H33F3N2O2. The van der Waals surface area contributed by atoms with Crippen LogP contribution in [0.15, 0.2) is 48.5 Å². The van der Waals surface area contributed by atoms with Crippen molar-refractivity contribution in [2.45, 2.75) is 75.9 Å². The molecule has 1 saturated carbocycles. The van der Waals surface area contributed by atoms with Crippen LogP contribution in [-0.4, -0.2) is 46.0 Å². The number of carbonyl (C=O) groups is 1. The summed E-state index contributed by atoms with van der Waals surface area (Å²) in [6.45, 7) is 4.04. The van der Waals surface area contributed by atoms with Crippen LogP contribution in [0.5, 0.6) is 0 Å². The molecule has 3 fully saturated rings. The molecule has 2 aromatic carbocycles. The van der Waals surface area contributed by atoms with Gasteiger partial charge in [0.1, 0.15) is 0 Å². The predicted octanol–water partition coefficient (Wildman–Crippen LogP) is 5.13. The van der Waals surface area contributed by atoms with Crippen LogP contribution in [0.3, 0.4) is 0 Å². The highest BCUT2D eigenvalue weighted by molar-refractivity contribution is 5.87. The van der Waals surface area contributed by atoms with E-state index in [4.69, 9.17) is 0 Å². The number of piperidine rings is 1. The van der Waals surface area contributed by atoms with Gasteiger partial charge in [-0.1, -0.05) is 43.3 Å². The second kappa shape index (κ2) is 8.32. The zero-order chi connectivity index (χ0) is 25.3. The molecular weight excluding hydrogens is 465 g/mol. The van der Waals surface area contributed by atoms with Crippen molar-refractivity contribution in [3.8, 4) is 0 Å². The topological polar surface area (TPSA) is 43.8 Å². The van der Waals surface area contributed by atoms with Gasteiger partial charge in [0, 0.05) is 31.7 Å².